The van der Waals surface area contributed by atoms with Crippen LogP contribution in [0.3, 0.4) is 0 Å². The predicted octanol–water partition coefficient (Wildman–Crippen LogP) is 2.54. The van der Waals surface area contributed by atoms with Crippen LogP contribution in [-0.2, 0) is 26.2 Å². The number of hydrogen-bond acceptors (Lipinski definition) is 4. The van der Waals surface area contributed by atoms with Crippen molar-refractivity contribution in [2.75, 3.05) is 23.7 Å². The Morgan fingerprint density at radius 2 is 1.77 bits per heavy atom. The van der Waals surface area contributed by atoms with Crippen LogP contribution in [0.4, 0.5) is 10.1 Å². The zero-order valence-corrected chi connectivity index (χ0v) is 18.7. The van der Waals surface area contributed by atoms with Crippen molar-refractivity contribution in [3.05, 3.63) is 66.0 Å². The van der Waals surface area contributed by atoms with Gasteiger partial charge in [-0.15, -0.1) is 0 Å². The SMILES string of the molecule is CCCNC(=O)[C@H](C)N(Cc1ccccc1)C(=O)CN(c1cccc(F)c1)S(C)(=O)=O. The highest BCUT2D eigenvalue weighted by Gasteiger charge is 2.30. The van der Waals surface area contributed by atoms with Gasteiger partial charge in [-0.1, -0.05) is 43.3 Å². The van der Waals surface area contributed by atoms with Crippen molar-refractivity contribution in [2.24, 2.45) is 0 Å². The van der Waals surface area contributed by atoms with E-state index >= 15 is 0 Å². The zero-order valence-electron chi connectivity index (χ0n) is 17.9. The molecule has 2 amide bonds. The molecule has 2 aromatic carbocycles. The molecular formula is C22H28FN3O4S. The summed E-state index contributed by atoms with van der Waals surface area (Å²) in [5.74, 6) is -1.52. The molecule has 0 saturated heterocycles. The lowest BCUT2D eigenvalue weighted by atomic mass is 10.1. The van der Waals surface area contributed by atoms with E-state index in [-0.39, 0.29) is 18.1 Å². The van der Waals surface area contributed by atoms with Gasteiger partial charge >= 0.3 is 0 Å². The highest BCUT2D eigenvalue weighted by molar-refractivity contribution is 7.92. The number of amides is 2. The Morgan fingerprint density at radius 3 is 2.35 bits per heavy atom. The third kappa shape index (κ3) is 7.06. The first-order valence-electron chi connectivity index (χ1n) is 9.98. The van der Waals surface area contributed by atoms with Crippen molar-refractivity contribution in [2.45, 2.75) is 32.9 Å². The molecule has 2 rings (SSSR count). The molecule has 0 radical (unpaired) electrons. The molecule has 0 bridgehead atoms. The van der Waals surface area contributed by atoms with E-state index in [2.05, 4.69) is 5.32 Å². The van der Waals surface area contributed by atoms with Crippen LogP contribution in [0.5, 0.6) is 0 Å². The van der Waals surface area contributed by atoms with Crippen LogP contribution >= 0.6 is 0 Å². The van der Waals surface area contributed by atoms with Gasteiger partial charge < -0.3 is 10.2 Å². The molecule has 0 spiro atoms. The monoisotopic (exact) mass is 449 g/mol. The average Bonchev–Trinajstić information content (AvgIpc) is 2.73. The molecule has 1 N–H and O–H groups in total. The lowest BCUT2D eigenvalue weighted by Crippen LogP contribution is -2.51. The Morgan fingerprint density at radius 1 is 1.10 bits per heavy atom. The van der Waals surface area contributed by atoms with E-state index in [1.165, 1.54) is 23.1 Å². The van der Waals surface area contributed by atoms with E-state index in [1.54, 1.807) is 6.92 Å². The fourth-order valence-electron chi connectivity index (χ4n) is 3.00. The second-order valence-corrected chi connectivity index (χ2v) is 9.13. The Kier molecular flexibility index (Phi) is 8.56. The van der Waals surface area contributed by atoms with Gasteiger partial charge in [-0.3, -0.25) is 13.9 Å². The molecule has 1 atom stereocenters. The number of nitrogens with zero attached hydrogens (tertiary/aromatic N) is 2. The molecule has 0 aliphatic carbocycles. The van der Waals surface area contributed by atoms with Crippen molar-refractivity contribution in [3.63, 3.8) is 0 Å². The van der Waals surface area contributed by atoms with Crippen molar-refractivity contribution in [3.8, 4) is 0 Å². The van der Waals surface area contributed by atoms with Gasteiger partial charge in [0, 0.05) is 13.1 Å². The Balaban J connectivity index is 2.34. The van der Waals surface area contributed by atoms with Gasteiger partial charge in [0.25, 0.3) is 0 Å². The number of carbonyl (C=O) groups excluding carboxylic acids is 2. The van der Waals surface area contributed by atoms with Crippen LogP contribution in [-0.4, -0.2) is 50.5 Å². The molecule has 9 heteroatoms. The number of rotatable bonds is 10. The largest absolute Gasteiger partial charge is 0.354 e. The molecule has 0 aliphatic rings. The van der Waals surface area contributed by atoms with Crippen molar-refractivity contribution >= 4 is 27.5 Å². The Hall–Kier alpha value is -2.94. The number of nitrogens with one attached hydrogen (secondary N) is 1. The minimum Gasteiger partial charge on any atom is -0.354 e. The van der Waals surface area contributed by atoms with Gasteiger partial charge in [0.15, 0.2) is 0 Å². The predicted molar refractivity (Wildman–Crippen MR) is 118 cm³/mol. The summed E-state index contributed by atoms with van der Waals surface area (Å²) in [7, 11) is -3.88. The Labute approximate surface area is 182 Å². The standard InChI is InChI=1S/C22H28FN3O4S/c1-4-13-24-22(28)17(2)25(15-18-9-6-5-7-10-18)21(27)16-26(31(3,29)30)20-12-8-11-19(23)14-20/h5-12,14,17H,4,13,15-16H2,1-3H3,(H,24,28)/t17-/m0/s1. The van der Waals surface area contributed by atoms with Crippen LogP contribution in [0.25, 0.3) is 0 Å². The van der Waals surface area contributed by atoms with Crippen LogP contribution < -0.4 is 9.62 Å². The summed E-state index contributed by atoms with van der Waals surface area (Å²) >= 11 is 0. The maximum absolute atomic E-state index is 13.7. The summed E-state index contributed by atoms with van der Waals surface area (Å²) in [5, 5.41) is 2.76. The highest BCUT2D eigenvalue weighted by atomic mass is 32.2. The molecule has 168 valence electrons. The molecule has 0 aromatic heterocycles. The van der Waals surface area contributed by atoms with E-state index in [9.17, 15) is 22.4 Å². The normalized spacial score (nSPS) is 12.1. The summed E-state index contributed by atoms with van der Waals surface area (Å²) < 4.78 is 39.2. The van der Waals surface area contributed by atoms with Crippen LogP contribution in [0.1, 0.15) is 25.8 Å². The first-order chi connectivity index (χ1) is 14.6. The van der Waals surface area contributed by atoms with Gasteiger partial charge in [-0.2, -0.15) is 0 Å². The molecule has 31 heavy (non-hydrogen) atoms. The summed E-state index contributed by atoms with van der Waals surface area (Å²) in [4.78, 5) is 27.1. The number of benzene rings is 2. The van der Waals surface area contributed by atoms with E-state index in [4.69, 9.17) is 0 Å². The molecule has 7 nitrogen and oxygen atoms in total. The number of hydrogen-bond donors (Lipinski definition) is 1. The molecule has 2 aromatic rings. The topological polar surface area (TPSA) is 86.8 Å². The van der Waals surface area contributed by atoms with Crippen LogP contribution in [0, 0.1) is 5.82 Å². The highest BCUT2D eigenvalue weighted by Crippen LogP contribution is 2.20. The van der Waals surface area contributed by atoms with Crippen molar-refractivity contribution in [1.29, 1.82) is 0 Å². The fourth-order valence-corrected chi connectivity index (χ4v) is 3.85. The first kappa shape index (κ1) is 24.3. The molecule has 0 fully saturated rings. The lowest BCUT2D eigenvalue weighted by molar-refractivity contribution is -0.139. The summed E-state index contributed by atoms with van der Waals surface area (Å²) in [6.45, 7) is 3.55. The van der Waals surface area contributed by atoms with E-state index in [1.807, 2.05) is 37.3 Å². The van der Waals surface area contributed by atoms with Crippen LogP contribution in [0.15, 0.2) is 54.6 Å². The molecule has 0 aliphatic heterocycles. The van der Waals surface area contributed by atoms with Gasteiger partial charge in [0.1, 0.15) is 18.4 Å². The molecule has 0 heterocycles. The fraction of sp³-hybridized carbons (Fsp3) is 0.364. The molecule has 0 unspecified atom stereocenters. The Bertz CT molecular complexity index is 999. The van der Waals surface area contributed by atoms with Crippen molar-refractivity contribution < 1.29 is 22.4 Å². The van der Waals surface area contributed by atoms with Gasteiger partial charge in [-0.05, 0) is 37.1 Å². The van der Waals surface area contributed by atoms with E-state index < -0.39 is 34.3 Å². The quantitative estimate of drug-likeness (QED) is 0.604. The third-order valence-electron chi connectivity index (χ3n) is 4.69. The third-order valence-corrected chi connectivity index (χ3v) is 5.83. The minimum absolute atomic E-state index is 0.0404. The number of sulfonamides is 1. The number of anilines is 1. The zero-order chi connectivity index (χ0) is 23.0. The summed E-state index contributed by atoms with van der Waals surface area (Å²) in [5.41, 5.74) is 0.834. The first-order valence-corrected chi connectivity index (χ1v) is 11.8. The van der Waals surface area contributed by atoms with Gasteiger partial charge in [-0.25, -0.2) is 12.8 Å². The van der Waals surface area contributed by atoms with Gasteiger partial charge in [0.05, 0.1) is 11.9 Å². The van der Waals surface area contributed by atoms with E-state index in [0.29, 0.717) is 6.54 Å². The minimum atomic E-state index is -3.88. The lowest BCUT2D eigenvalue weighted by Gasteiger charge is -2.31. The summed E-state index contributed by atoms with van der Waals surface area (Å²) in [6.07, 6.45) is 1.69. The smallest absolute Gasteiger partial charge is 0.244 e. The van der Waals surface area contributed by atoms with E-state index in [0.717, 1.165) is 28.6 Å². The maximum Gasteiger partial charge on any atom is 0.244 e. The van der Waals surface area contributed by atoms with Gasteiger partial charge in [0.2, 0.25) is 21.8 Å². The average molecular weight is 450 g/mol. The molecular weight excluding hydrogens is 421 g/mol. The second-order valence-electron chi connectivity index (χ2n) is 7.22. The maximum atomic E-state index is 13.7. The van der Waals surface area contributed by atoms with Crippen molar-refractivity contribution in [1.82, 2.24) is 10.2 Å². The summed E-state index contributed by atoms with van der Waals surface area (Å²) in [6, 6.07) is 13.3. The van der Waals surface area contributed by atoms with Crippen LogP contribution in [0.2, 0.25) is 0 Å². The second kappa shape index (κ2) is 10.9. The number of carbonyl (C=O) groups is 2. The number of halogens is 1. The molecule has 0 saturated carbocycles.